The lowest BCUT2D eigenvalue weighted by Gasteiger charge is -2.19. The van der Waals surface area contributed by atoms with Gasteiger partial charge in [0.05, 0.1) is 4.90 Å². The molecule has 0 aliphatic heterocycles. The zero-order valence-corrected chi connectivity index (χ0v) is 11.9. The van der Waals surface area contributed by atoms with Crippen molar-refractivity contribution in [2.75, 3.05) is 6.61 Å². The number of hydrogen-bond donors (Lipinski definition) is 1. The molecule has 0 unspecified atom stereocenters. The lowest BCUT2D eigenvalue weighted by atomic mass is 10.2. The van der Waals surface area contributed by atoms with Gasteiger partial charge in [0.25, 0.3) is 0 Å². The summed E-state index contributed by atoms with van der Waals surface area (Å²) in [7, 11) is -3.79. The summed E-state index contributed by atoms with van der Waals surface area (Å²) < 4.78 is 32.5. The summed E-state index contributed by atoms with van der Waals surface area (Å²) in [6.07, 6.45) is 0. The first kappa shape index (κ1) is 15.5. The van der Waals surface area contributed by atoms with Gasteiger partial charge in [0, 0.05) is 6.07 Å². The number of carbonyl (C=O) groups excluding carboxylic acids is 1. The van der Waals surface area contributed by atoms with Crippen molar-refractivity contribution >= 4 is 16.0 Å². The third-order valence-corrected chi connectivity index (χ3v) is 2.82. The fourth-order valence-electron chi connectivity index (χ4n) is 1.25. The molecule has 1 aromatic rings. The molecule has 0 heterocycles. The average molecular weight is 287 g/mol. The minimum Gasteiger partial charge on any atom is -0.482 e. The second-order valence-electron chi connectivity index (χ2n) is 4.89. The van der Waals surface area contributed by atoms with E-state index in [0.717, 1.165) is 0 Å². The predicted molar refractivity (Wildman–Crippen MR) is 69.2 cm³/mol. The van der Waals surface area contributed by atoms with Crippen LogP contribution in [0.2, 0.25) is 0 Å². The molecule has 6 nitrogen and oxygen atoms in total. The number of primary sulfonamides is 1. The Bertz CT molecular complexity index is 560. The van der Waals surface area contributed by atoms with Crippen molar-refractivity contribution in [2.24, 2.45) is 5.14 Å². The van der Waals surface area contributed by atoms with Crippen LogP contribution in [0, 0.1) is 0 Å². The third-order valence-electron chi connectivity index (χ3n) is 1.91. The highest BCUT2D eigenvalue weighted by Gasteiger charge is 2.17. The molecular weight excluding hydrogens is 270 g/mol. The Morgan fingerprint density at radius 1 is 1.32 bits per heavy atom. The van der Waals surface area contributed by atoms with Crippen molar-refractivity contribution in [3.05, 3.63) is 24.3 Å². The Morgan fingerprint density at radius 2 is 1.95 bits per heavy atom. The van der Waals surface area contributed by atoms with Crippen LogP contribution in [0.25, 0.3) is 0 Å². The first-order chi connectivity index (χ1) is 8.58. The Labute approximate surface area is 112 Å². The molecule has 0 spiro atoms. The Morgan fingerprint density at radius 3 is 2.47 bits per heavy atom. The zero-order valence-electron chi connectivity index (χ0n) is 11.0. The second kappa shape index (κ2) is 5.58. The molecule has 0 fully saturated rings. The molecule has 0 radical (unpaired) electrons. The molecular formula is C12H17NO5S. The Kier molecular flexibility index (Phi) is 4.54. The molecule has 0 aromatic heterocycles. The van der Waals surface area contributed by atoms with Crippen molar-refractivity contribution in [1.82, 2.24) is 0 Å². The predicted octanol–water partition coefficient (Wildman–Crippen LogP) is 1.05. The number of hydrogen-bond acceptors (Lipinski definition) is 5. The van der Waals surface area contributed by atoms with E-state index in [4.69, 9.17) is 14.6 Å². The van der Waals surface area contributed by atoms with Crippen molar-refractivity contribution in [3.8, 4) is 5.75 Å². The van der Waals surface area contributed by atoms with Gasteiger partial charge in [0.1, 0.15) is 11.4 Å². The van der Waals surface area contributed by atoms with Crippen LogP contribution in [-0.2, 0) is 19.6 Å². The molecule has 19 heavy (non-hydrogen) atoms. The van der Waals surface area contributed by atoms with Gasteiger partial charge in [-0.2, -0.15) is 0 Å². The highest BCUT2D eigenvalue weighted by atomic mass is 32.2. The molecule has 1 rings (SSSR count). The summed E-state index contributed by atoms with van der Waals surface area (Å²) in [4.78, 5) is 11.3. The van der Waals surface area contributed by atoms with Crippen LogP contribution in [0.1, 0.15) is 20.8 Å². The van der Waals surface area contributed by atoms with Gasteiger partial charge in [0.15, 0.2) is 6.61 Å². The third kappa shape index (κ3) is 5.71. The molecule has 0 atom stereocenters. The van der Waals surface area contributed by atoms with Crippen LogP contribution in [-0.4, -0.2) is 26.6 Å². The quantitative estimate of drug-likeness (QED) is 0.835. The van der Waals surface area contributed by atoms with Crippen LogP contribution in [0.5, 0.6) is 5.75 Å². The van der Waals surface area contributed by atoms with Gasteiger partial charge in [-0.15, -0.1) is 0 Å². The zero-order chi connectivity index (χ0) is 14.7. The lowest BCUT2D eigenvalue weighted by molar-refractivity contribution is -0.157. The summed E-state index contributed by atoms with van der Waals surface area (Å²) in [5.41, 5.74) is -0.594. The molecule has 0 saturated heterocycles. The Hall–Kier alpha value is -1.60. The maximum atomic E-state index is 11.4. The number of ether oxygens (including phenoxy) is 2. The topological polar surface area (TPSA) is 95.7 Å². The molecule has 0 bridgehead atoms. The van der Waals surface area contributed by atoms with Gasteiger partial charge < -0.3 is 9.47 Å². The number of benzene rings is 1. The second-order valence-corrected chi connectivity index (χ2v) is 6.46. The van der Waals surface area contributed by atoms with Crippen molar-refractivity contribution in [2.45, 2.75) is 31.3 Å². The number of rotatable bonds is 4. The van der Waals surface area contributed by atoms with Gasteiger partial charge in [-0.25, -0.2) is 18.4 Å². The van der Waals surface area contributed by atoms with Crippen LogP contribution >= 0.6 is 0 Å². The minimum atomic E-state index is -3.79. The summed E-state index contributed by atoms with van der Waals surface area (Å²) in [6, 6.07) is 5.60. The first-order valence-electron chi connectivity index (χ1n) is 5.55. The highest BCUT2D eigenvalue weighted by Crippen LogP contribution is 2.16. The van der Waals surface area contributed by atoms with Crippen LogP contribution in [0.4, 0.5) is 0 Å². The van der Waals surface area contributed by atoms with Crippen molar-refractivity contribution < 1.29 is 22.7 Å². The minimum absolute atomic E-state index is 0.0748. The molecule has 2 N–H and O–H groups in total. The van der Waals surface area contributed by atoms with Gasteiger partial charge in [0.2, 0.25) is 10.0 Å². The van der Waals surface area contributed by atoms with Gasteiger partial charge in [-0.05, 0) is 32.9 Å². The largest absolute Gasteiger partial charge is 0.482 e. The summed E-state index contributed by atoms with van der Waals surface area (Å²) in [5.74, 6) is -0.300. The fraction of sp³-hybridized carbons (Fsp3) is 0.417. The Balaban J connectivity index is 2.67. The molecule has 0 saturated carbocycles. The summed E-state index contributed by atoms with van der Waals surface area (Å²) >= 11 is 0. The smallest absolute Gasteiger partial charge is 0.344 e. The number of carbonyl (C=O) groups is 1. The number of nitrogens with two attached hydrogens (primary N) is 1. The maximum Gasteiger partial charge on any atom is 0.344 e. The van der Waals surface area contributed by atoms with Crippen molar-refractivity contribution in [1.29, 1.82) is 0 Å². The molecule has 7 heteroatoms. The molecule has 106 valence electrons. The van der Waals surface area contributed by atoms with E-state index in [1.54, 1.807) is 20.8 Å². The van der Waals surface area contributed by atoms with Gasteiger partial charge >= 0.3 is 5.97 Å². The molecule has 0 aliphatic rings. The van der Waals surface area contributed by atoms with E-state index in [1.165, 1.54) is 24.3 Å². The van der Waals surface area contributed by atoms with E-state index < -0.39 is 21.6 Å². The maximum absolute atomic E-state index is 11.4. The number of esters is 1. The van der Waals surface area contributed by atoms with E-state index >= 15 is 0 Å². The fourth-order valence-corrected chi connectivity index (χ4v) is 1.80. The lowest BCUT2D eigenvalue weighted by Crippen LogP contribution is -2.27. The van der Waals surface area contributed by atoms with E-state index in [1.807, 2.05) is 0 Å². The highest BCUT2D eigenvalue weighted by molar-refractivity contribution is 7.89. The van der Waals surface area contributed by atoms with E-state index in [9.17, 15) is 13.2 Å². The summed E-state index contributed by atoms with van der Waals surface area (Å²) in [5, 5.41) is 4.99. The van der Waals surface area contributed by atoms with Crippen molar-refractivity contribution in [3.63, 3.8) is 0 Å². The normalized spacial score (nSPS) is 12.0. The summed E-state index contributed by atoms with van der Waals surface area (Å²) in [6.45, 7) is 4.93. The van der Waals surface area contributed by atoms with Crippen LogP contribution in [0.15, 0.2) is 29.2 Å². The first-order valence-corrected chi connectivity index (χ1v) is 7.10. The standard InChI is InChI=1S/C12H17NO5S/c1-12(2,3)18-11(14)8-17-9-5-4-6-10(7-9)19(13,15)16/h4-7H,8H2,1-3H3,(H2,13,15,16). The SMILES string of the molecule is CC(C)(C)OC(=O)COc1cccc(S(N)(=O)=O)c1. The van der Waals surface area contributed by atoms with E-state index in [0.29, 0.717) is 0 Å². The van der Waals surface area contributed by atoms with E-state index in [-0.39, 0.29) is 17.3 Å². The molecule has 0 amide bonds. The monoisotopic (exact) mass is 287 g/mol. The number of sulfonamides is 1. The van der Waals surface area contributed by atoms with Crippen LogP contribution in [0.3, 0.4) is 0 Å². The van der Waals surface area contributed by atoms with Gasteiger partial charge in [-0.1, -0.05) is 6.07 Å². The van der Waals surface area contributed by atoms with E-state index in [2.05, 4.69) is 0 Å². The van der Waals surface area contributed by atoms with Crippen LogP contribution < -0.4 is 9.88 Å². The van der Waals surface area contributed by atoms with Gasteiger partial charge in [-0.3, -0.25) is 0 Å². The molecule has 1 aromatic carbocycles. The average Bonchev–Trinajstić information content (AvgIpc) is 2.23. The molecule has 0 aliphatic carbocycles.